The second-order valence-corrected chi connectivity index (χ2v) is 7.92. The first-order chi connectivity index (χ1) is 14.4. The van der Waals surface area contributed by atoms with Gasteiger partial charge in [-0.2, -0.15) is 5.10 Å². The van der Waals surface area contributed by atoms with E-state index in [9.17, 15) is 4.79 Å². The van der Waals surface area contributed by atoms with Gasteiger partial charge in [-0.05, 0) is 63.1 Å². The molecule has 0 radical (unpaired) electrons. The smallest absolute Gasteiger partial charge is 0.251 e. The van der Waals surface area contributed by atoms with E-state index in [1.807, 2.05) is 42.8 Å². The van der Waals surface area contributed by atoms with E-state index in [2.05, 4.69) is 59.2 Å². The molecule has 2 aromatic carbocycles. The van der Waals surface area contributed by atoms with Gasteiger partial charge in [-0.15, -0.1) is 0 Å². The number of benzene rings is 2. The highest BCUT2D eigenvalue weighted by atomic mass is 16.1. The van der Waals surface area contributed by atoms with Gasteiger partial charge >= 0.3 is 0 Å². The van der Waals surface area contributed by atoms with Crippen LogP contribution in [0.4, 0.5) is 0 Å². The number of carbonyl (C=O) groups is 1. The molecule has 1 amide bonds. The van der Waals surface area contributed by atoms with Crippen LogP contribution in [0.3, 0.4) is 0 Å². The zero-order valence-electron chi connectivity index (χ0n) is 18.1. The van der Waals surface area contributed by atoms with E-state index in [-0.39, 0.29) is 5.91 Å². The molecule has 30 heavy (non-hydrogen) atoms. The quantitative estimate of drug-likeness (QED) is 0.516. The van der Waals surface area contributed by atoms with Gasteiger partial charge in [0.1, 0.15) is 0 Å². The van der Waals surface area contributed by atoms with E-state index in [0.717, 1.165) is 28.8 Å². The molecular weight excluding hydrogens is 372 g/mol. The monoisotopic (exact) mass is 400 g/mol. The summed E-state index contributed by atoms with van der Waals surface area (Å²) in [7, 11) is 0. The minimum atomic E-state index is -0.0497. The molecule has 2 heterocycles. The molecule has 4 rings (SSSR count). The number of hydrogen-bond acceptors (Lipinski definition) is 2. The van der Waals surface area contributed by atoms with Gasteiger partial charge in [0, 0.05) is 40.9 Å². The Labute approximate surface area is 177 Å². The predicted molar refractivity (Wildman–Crippen MR) is 121 cm³/mol. The van der Waals surface area contributed by atoms with Crippen LogP contribution in [0.15, 0.2) is 54.6 Å². The Morgan fingerprint density at radius 1 is 1.00 bits per heavy atom. The predicted octanol–water partition coefficient (Wildman–Crippen LogP) is 4.55. The molecule has 0 unspecified atom stereocenters. The number of amides is 1. The summed E-state index contributed by atoms with van der Waals surface area (Å²) in [5.41, 5.74) is 7.67. The summed E-state index contributed by atoms with van der Waals surface area (Å²) in [5, 5.41) is 8.60. The molecule has 1 N–H and O–H groups in total. The molecule has 5 nitrogen and oxygen atoms in total. The molecule has 0 aliphatic rings. The Kier molecular flexibility index (Phi) is 5.44. The molecule has 0 aliphatic heterocycles. The molecule has 0 aliphatic carbocycles. The molecular formula is C25H28N4O. The molecule has 4 aromatic rings. The molecule has 0 saturated heterocycles. The summed E-state index contributed by atoms with van der Waals surface area (Å²) in [6, 6.07) is 18.5. The first-order valence-corrected chi connectivity index (χ1v) is 10.4. The van der Waals surface area contributed by atoms with E-state index in [4.69, 9.17) is 0 Å². The lowest BCUT2D eigenvalue weighted by Crippen LogP contribution is -2.27. The summed E-state index contributed by atoms with van der Waals surface area (Å²) >= 11 is 0. The minimum absolute atomic E-state index is 0.0497. The molecule has 0 fully saturated rings. The van der Waals surface area contributed by atoms with Gasteiger partial charge in [-0.1, -0.05) is 30.3 Å². The number of hydrogen-bond donors (Lipinski definition) is 1. The van der Waals surface area contributed by atoms with E-state index in [1.165, 1.54) is 16.8 Å². The summed E-state index contributed by atoms with van der Waals surface area (Å²) in [4.78, 5) is 12.7. The third-order valence-electron chi connectivity index (χ3n) is 5.80. The van der Waals surface area contributed by atoms with Gasteiger partial charge in [0.05, 0.1) is 12.2 Å². The fourth-order valence-corrected chi connectivity index (χ4v) is 4.04. The van der Waals surface area contributed by atoms with Crippen molar-refractivity contribution in [1.29, 1.82) is 0 Å². The first kappa shape index (κ1) is 20.0. The van der Waals surface area contributed by atoms with Gasteiger partial charge in [0.25, 0.3) is 5.91 Å². The normalized spacial score (nSPS) is 11.2. The van der Waals surface area contributed by atoms with Crippen molar-refractivity contribution in [2.75, 3.05) is 6.54 Å². The molecule has 154 valence electrons. The van der Waals surface area contributed by atoms with Crippen molar-refractivity contribution in [2.24, 2.45) is 0 Å². The molecule has 0 atom stereocenters. The molecule has 0 spiro atoms. The summed E-state index contributed by atoms with van der Waals surface area (Å²) in [6.45, 7) is 10.3. The fourth-order valence-electron chi connectivity index (χ4n) is 4.04. The standard InChI is InChI=1S/C25H28N4O/c1-17-14-18(2)29(27-17)13-12-26-25(30)22-10-11-24-23(15-22)19(3)20(4)28(24)16-21-8-6-5-7-9-21/h5-11,14-15H,12-13,16H2,1-4H3,(H,26,30). The third kappa shape index (κ3) is 3.88. The van der Waals surface area contributed by atoms with Gasteiger partial charge < -0.3 is 9.88 Å². The number of nitrogens with one attached hydrogen (secondary N) is 1. The summed E-state index contributed by atoms with van der Waals surface area (Å²) < 4.78 is 4.25. The zero-order chi connectivity index (χ0) is 21.3. The lowest BCUT2D eigenvalue weighted by Gasteiger charge is -2.10. The van der Waals surface area contributed by atoms with Crippen LogP contribution >= 0.6 is 0 Å². The summed E-state index contributed by atoms with van der Waals surface area (Å²) in [6.07, 6.45) is 0. The number of nitrogens with zero attached hydrogens (tertiary/aromatic N) is 3. The lowest BCUT2D eigenvalue weighted by molar-refractivity contribution is 0.0952. The van der Waals surface area contributed by atoms with Crippen LogP contribution in [0.5, 0.6) is 0 Å². The third-order valence-corrected chi connectivity index (χ3v) is 5.80. The molecule has 5 heteroatoms. The van der Waals surface area contributed by atoms with Crippen molar-refractivity contribution < 1.29 is 4.79 Å². The Bertz CT molecular complexity index is 1200. The fraction of sp³-hybridized carbons (Fsp3) is 0.280. The number of aryl methyl sites for hydroxylation is 3. The summed E-state index contributed by atoms with van der Waals surface area (Å²) in [5.74, 6) is -0.0497. The first-order valence-electron chi connectivity index (χ1n) is 10.4. The van der Waals surface area contributed by atoms with Crippen LogP contribution in [0.25, 0.3) is 10.9 Å². The Morgan fingerprint density at radius 2 is 1.77 bits per heavy atom. The van der Waals surface area contributed by atoms with Crippen molar-refractivity contribution in [3.63, 3.8) is 0 Å². The zero-order valence-corrected chi connectivity index (χ0v) is 18.1. The van der Waals surface area contributed by atoms with Crippen LogP contribution in [0.2, 0.25) is 0 Å². The maximum absolute atomic E-state index is 12.7. The molecule has 2 aromatic heterocycles. The Hall–Kier alpha value is -3.34. The van der Waals surface area contributed by atoms with Crippen LogP contribution < -0.4 is 5.32 Å². The average molecular weight is 401 g/mol. The van der Waals surface area contributed by atoms with Crippen molar-refractivity contribution in [3.05, 3.63) is 88.4 Å². The van der Waals surface area contributed by atoms with E-state index in [0.29, 0.717) is 18.7 Å². The van der Waals surface area contributed by atoms with E-state index >= 15 is 0 Å². The molecule has 0 saturated carbocycles. The highest BCUT2D eigenvalue weighted by Gasteiger charge is 2.14. The Balaban J connectivity index is 1.52. The number of aromatic nitrogens is 3. The lowest BCUT2D eigenvalue weighted by atomic mass is 10.1. The highest BCUT2D eigenvalue weighted by molar-refractivity contribution is 5.99. The van der Waals surface area contributed by atoms with Gasteiger partial charge in [0.2, 0.25) is 0 Å². The van der Waals surface area contributed by atoms with Crippen molar-refractivity contribution in [1.82, 2.24) is 19.7 Å². The topological polar surface area (TPSA) is 51.9 Å². The number of fused-ring (bicyclic) bond motifs is 1. The van der Waals surface area contributed by atoms with Gasteiger partial charge in [-0.3, -0.25) is 9.48 Å². The highest BCUT2D eigenvalue weighted by Crippen LogP contribution is 2.27. The van der Waals surface area contributed by atoms with Crippen molar-refractivity contribution in [3.8, 4) is 0 Å². The SMILES string of the molecule is Cc1cc(C)n(CCNC(=O)c2ccc3c(c2)c(C)c(C)n3Cc2ccccc2)n1. The minimum Gasteiger partial charge on any atom is -0.350 e. The Morgan fingerprint density at radius 3 is 2.47 bits per heavy atom. The van der Waals surface area contributed by atoms with Crippen molar-refractivity contribution in [2.45, 2.75) is 40.8 Å². The van der Waals surface area contributed by atoms with E-state index in [1.54, 1.807) is 0 Å². The van der Waals surface area contributed by atoms with Crippen LogP contribution in [-0.4, -0.2) is 26.8 Å². The number of carbonyl (C=O) groups excluding carboxylic acids is 1. The number of rotatable bonds is 6. The maximum atomic E-state index is 12.7. The van der Waals surface area contributed by atoms with Crippen LogP contribution in [0, 0.1) is 27.7 Å². The largest absolute Gasteiger partial charge is 0.350 e. The van der Waals surface area contributed by atoms with Crippen molar-refractivity contribution >= 4 is 16.8 Å². The molecule has 0 bridgehead atoms. The van der Waals surface area contributed by atoms with Gasteiger partial charge in [0.15, 0.2) is 0 Å². The van der Waals surface area contributed by atoms with E-state index < -0.39 is 0 Å². The van der Waals surface area contributed by atoms with Gasteiger partial charge in [-0.25, -0.2) is 0 Å². The second-order valence-electron chi connectivity index (χ2n) is 7.92. The second kappa shape index (κ2) is 8.19. The van der Waals surface area contributed by atoms with Crippen LogP contribution in [0.1, 0.15) is 38.6 Å². The average Bonchev–Trinajstić information content (AvgIpc) is 3.19. The van der Waals surface area contributed by atoms with Crippen LogP contribution in [-0.2, 0) is 13.1 Å². The maximum Gasteiger partial charge on any atom is 0.251 e.